The Morgan fingerprint density at radius 1 is 1.03 bits per heavy atom. The molecule has 13 N–H and O–H groups in total. The van der Waals surface area contributed by atoms with Crippen LogP contribution in [0.3, 0.4) is 0 Å². The molecule has 2 rings (SSSR count). The summed E-state index contributed by atoms with van der Waals surface area (Å²) in [5.41, 5.74) is 11.4. The van der Waals surface area contributed by atoms with E-state index in [1.807, 2.05) is 0 Å². The first-order chi connectivity index (χ1) is 17.4. The van der Waals surface area contributed by atoms with E-state index in [0.717, 1.165) is 6.92 Å². The molecule has 0 aromatic carbocycles. The molecule has 37 heavy (non-hydrogen) atoms. The van der Waals surface area contributed by atoms with Gasteiger partial charge in [-0.3, -0.25) is 4.79 Å². The van der Waals surface area contributed by atoms with Crippen molar-refractivity contribution in [3.8, 4) is 0 Å². The Morgan fingerprint density at radius 2 is 1.62 bits per heavy atom. The highest BCUT2D eigenvalue weighted by Crippen LogP contribution is 2.30. The minimum Gasteiger partial charge on any atom is -0.394 e. The maximum atomic E-state index is 11.9. The molecule has 0 aromatic heterocycles. The Hall–Kier alpha value is -1.42. The fourth-order valence-electron chi connectivity index (χ4n) is 4.08. The molecule has 216 valence electrons. The SMILES string of the molecule is CC(=O)N[C@H]1[C@H](O[C@@H]([C@H](O)[C@@H](N)C=O)[C@H](O)CO)O[C@H](CO)[C@@H](O[C@@H]2O[C@H](CO)[C@@H](O)[C@H](O)[C@H]2N)[C@@H]1O. The summed E-state index contributed by atoms with van der Waals surface area (Å²) in [6.07, 6.45) is -17.5. The lowest BCUT2D eigenvalue weighted by atomic mass is 9.94. The lowest BCUT2D eigenvalue weighted by Gasteiger charge is -2.48. The number of hydrogen-bond acceptors (Lipinski definition) is 16. The van der Waals surface area contributed by atoms with Crippen LogP contribution in [0.2, 0.25) is 0 Å². The van der Waals surface area contributed by atoms with E-state index in [9.17, 15) is 50.4 Å². The Bertz CT molecular complexity index is 734. The van der Waals surface area contributed by atoms with E-state index < -0.39 is 111 Å². The predicted octanol–water partition coefficient (Wildman–Crippen LogP) is -7.65. The zero-order valence-corrected chi connectivity index (χ0v) is 20.0. The number of nitrogens with one attached hydrogen (secondary N) is 1. The molecule has 2 heterocycles. The fraction of sp³-hybridized carbons (Fsp3) is 0.900. The molecule has 0 radical (unpaired) electrons. The van der Waals surface area contributed by atoms with Crippen LogP contribution < -0.4 is 16.8 Å². The molecule has 17 nitrogen and oxygen atoms in total. The second-order valence-electron chi connectivity index (χ2n) is 8.88. The van der Waals surface area contributed by atoms with E-state index in [2.05, 4.69) is 5.32 Å². The maximum Gasteiger partial charge on any atom is 0.217 e. The minimum atomic E-state index is -1.85. The van der Waals surface area contributed by atoms with Crippen molar-refractivity contribution in [3.63, 3.8) is 0 Å². The normalized spacial score (nSPS) is 39.9. The van der Waals surface area contributed by atoms with E-state index in [1.165, 1.54) is 0 Å². The molecule has 2 saturated heterocycles. The van der Waals surface area contributed by atoms with E-state index in [1.54, 1.807) is 0 Å². The highest BCUT2D eigenvalue weighted by atomic mass is 16.7. The minimum absolute atomic E-state index is 0.172. The van der Waals surface area contributed by atoms with E-state index in [0.29, 0.717) is 0 Å². The van der Waals surface area contributed by atoms with Gasteiger partial charge in [0.2, 0.25) is 5.91 Å². The van der Waals surface area contributed by atoms with Crippen molar-refractivity contribution in [2.75, 3.05) is 19.8 Å². The van der Waals surface area contributed by atoms with Crippen molar-refractivity contribution < 1.29 is 69.4 Å². The van der Waals surface area contributed by atoms with Gasteiger partial charge < -0.3 is 81.4 Å². The van der Waals surface area contributed by atoms with Gasteiger partial charge in [0.25, 0.3) is 0 Å². The van der Waals surface area contributed by atoms with E-state index >= 15 is 0 Å². The number of ether oxygens (including phenoxy) is 4. The molecule has 0 aromatic rings. The number of hydrogen-bond donors (Lipinski definition) is 11. The predicted molar refractivity (Wildman–Crippen MR) is 118 cm³/mol. The van der Waals surface area contributed by atoms with Crippen molar-refractivity contribution in [3.05, 3.63) is 0 Å². The number of carbonyl (C=O) groups is 2. The van der Waals surface area contributed by atoms with Gasteiger partial charge in [-0.15, -0.1) is 0 Å². The van der Waals surface area contributed by atoms with Crippen LogP contribution in [0.25, 0.3) is 0 Å². The van der Waals surface area contributed by atoms with Gasteiger partial charge in [0.15, 0.2) is 12.6 Å². The van der Waals surface area contributed by atoms with Crippen LogP contribution in [0.1, 0.15) is 6.92 Å². The average molecular weight is 544 g/mol. The number of amides is 1. The highest BCUT2D eigenvalue weighted by molar-refractivity contribution is 5.73. The zero-order valence-electron chi connectivity index (χ0n) is 20.0. The molecule has 0 saturated carbocycles. The molecule has 2 aliphatic heterocycles. The average Bonchev–Trinajstić information content (AvgIpc) is 2.88. The van der Waals surface area contributed by atoms with Gasteiger partial charge in [0, 0.05) is 6.92 Å². The highest BCUT2D eigenvalue weighted by Gasteiger charge is 2.52. The number of aliphatic hydroxyl groups excluding tert-OH is 8. The van der Waals surface area contributed by atoms with Crippen LogP contribution in [-0.2, 0) is 28.5 Å². The van der Waals surface area contributed by atoms with Crippen molar-refractivity contribution in [2.24, 2.45) is 11.5 Å². The summed E-state index contributed by atoms with van der Waals surface area (Å²) in [4.78, 5) is 22.9. The second kappa shape index (κ2) is 14.1. The lowest BCUT2D eigenvalue weighted by molar-refractivity contribution is -0.340. The smallest absolute Gasteiger partial charge is 0.217 e. The van der Waals surface area contributed by atoms with Gasteiger partial charge in [-0.2, -0.15) is 0 Å². The molecular weight excluding hydrogens is 506 g/mol. The van der Waals surface area contributed by atoms with Gasteiger partial charge in [0.1, 0.15) is 67.3 Å². The van der Waals surface area contributed by atoms with Crippen LogP contribution in [0.15, 0.2) is 0 Å². The zero-order chi connectivity index (χ0) is 28.0. The second-order valence-corrected chi connectivity index (χ2v) is 8.88. The summed E-state index contributed by atoms with van der Waals surface area (Å²) in [7, 11) is 0. The van der Waals surface area contributed by atoms with Crippen LogP contribution >= 0.6 is 0 Å². The van der Waals surface area contributed by atoms with Gasteiger partial charge >= 0.3 is 0 Å². The summed E-state index contributed by atoms with van der Waals surface area (Å²) >= 11 is 0. The van der Waals surface area contributed by atoms with Crippen molar-refractivity contribution in [1.29, 1.82) is 0 Å². The molecule has 0 bridgehead atoms. The molecule has 14 atom stereocenters. The first-order valence-electron chi connectivity index (χ1n) is 11.5. The van der Waals surface area contributed by atoms with Gasteiger partial charge in [-0.1, -0.05) is 0 Å². The third-order valence-electron chi connectivity index (χ3n) is 6.19. The number of carbonyl (C=O) groups excluding carboxylic acids is 2. The molecule has 17 heteroatoms. The summed E-state index contributed by atoms with van der Waals surface area (Å²) < 4.78 is 22.2. The molecule has 0 aliphatic carbocycles. The first-order valence-corrected chi connectivity index (χ1v) is 11.5. The Kier molecular flexibility index (Phi) is 12.1. The summed E-state index contributed by atoms with van der Waals surface area (Å²) in [6, 6.07) is -4.39. The Labute approximate surface area is 211 Å². The number of aliphatic hydroxyl groups is 8. The van der Waals surface area contributed by atoms with E-state index in [-0.39, 0.29) is 6.29 Å². The van der Waals surface area contributed by atoms with Crippen molar-refractivity contribution >= 4 is 12.2 Å². The van der Waals surface area contributed by atoms with Crippen molar-refractivity contribution in [2.45, 2.75) is 92.6 Å². The van der Waals surface area contributed by atoms with Crippen LogP contribution in [0.5, 0.6) is 0 Å². The Balaban J connectivity index is 2.32. The molecular formula is C20H37N3O14. The van der Waals surface area contributed by atoms with Gasteiger partial charge in [-0.05, 0) is 0 Å². The molecule has 1 amide bonds. The number of rotatable bonds is 12. The maximum absolute atomic E-state index is 11.9. The van der Waals surface area contributed by atoms with Crippen molar-refractivity contribution in [1.82, 2.24) is 5.32 Å². The molecule has 2 aliphatic rings. The fourth-order valence-corrected chi connectivity index (χ4v) is 4.08. The van der Waals surface area contributed by atoms with E-state index in [4.69, 9.17) is 30.4 Å². The van der Waals surface area contributed by atoms with Gasteiger partial charge in [-0.25, -0.2) is 0 Å². The summed E-state index contributed by atoms with van der Waals surface area (Å²) in [5.74, 6) is -0.684. The molecule has 2 fully saturated rings. The quantitative estimate of drug-likeness (QED) is 0.102. The lowest BCUT2D eigenvalue weighted by Crippen LogP contribution is -2.69. The topological polar surface area (TPSA) is 297 Å². The standard InChI is InChI=1S/C20H37N3O14/c1-6(28)23-12-16(33)18(37-19-11(22)15(32)14(31)9(4-26)34-19)10(5-27)35-20(12)36-17(8(29)3-25)13(30)7(21)2-24/h2,7-20,25-27,29-33H,3-5,21-22H2,1H3,(H,23,28)/t7-,8+,9+,10+,11+,12+,13+,14+,15+,16+,17+,18+,19-,20-/m0/s1. The third-order valence-corrected chi connectivity index (χ3v) is 6.19. The van der Waals surface area contributed by atoms with Crippen LogP contribution in [0, 0.1) is 0 Å². The van der Waals surface area contributed by atoms with Crippen LogP contribution in [0.4, 0.5) is 0 Å². The van der Waals surface area contributed by atoms with Crippen LogP contribution in [-0.4, -0.2) is 159 Å². The number of nitrogens with two attached hydrogens (primary N) is 2. The summed E-state index contributed by atoms with van der Waals surface area (Å²) in [5, 5.41) is 82.7. The Morgan fingerprint density at radius 3 is 2.14 bits per heavy atom. The monoisotopic (exact) mass is 543 g/mol. The van der Waals surface area contributed by atoms with Gasteiger partial charge in [0.05, 0.1) is 31.9 Å². The number of aldehydes is 1. The first kappa shape index (κ1) is 31.8. The summed E-state index contributed by atoms with van der Waals surface area (Å²) in [6.45, 7) is -1.35. The molecule has 0 unspecified atom stereocenters. The molecule has 0 spiro atoms. The third kappa shape index (κ3) is 7.37. The largest absolute Gasteiger partial charge is 0.394 e.